The van der Waals surface area contributed by atoms with Crippen molar-refractivity contribution in [1.29, 1.82) is 5.26 Å². The van der Waals surface area contributed by atoms with E-state index in [-0.39, 0.29) is 5.57 Å². The fourth-order valence-electron chi connectivity index (χ4n) is 1.48. The van der Waals surface area contributed by atoms with Gasteiger partial charge in [-0.05, 0) is 23.8 Å². The van der Waals surface area contributed by atoms with Crippen molar-refractivity contribution >= 4 is 12.0 Å². The van der Waals surface area contributed by atoms with Crippen LogP contribution >= 0.6 is 0 Å². The Kier molecular flexibility index (Phi) is 3.69. The largest absolute Gasteiger partial charge is 0.465 e. The molecule has 0 aliphatic rings. The second-order valence-corrected chi connectivity index (χ2v) is 3.59. The summed E-state index contributed by atoms with van der Waals surface area (Å²) >= 11 is 0. The van der Waals surface area contributed by atoms with Gasteiger partial charge in [0.15, 0.2) is 0 Å². The Morgan fingerprint density at radius 2 is 2.16 bits per heavy atom. The molecule has 1 heterocycles. The average Bonchev–Trinajstić information content (AvgIpc) is 2.98. The molecule has 6 heteroatoms. The van der Waals surface area contributed by atoms with Gasteiger partial charge in [0.25, 0.3) is 0 Å². The van der Waals surface area contributed by atoms with Crippen LogP contribution in [-0.4, -0.2) is 27.8 Å². The minimum absolute atomic E-state index is 0.0454. The summed E-state index contributed by atoms with van der Waals surface area (Å²) in [6.45, 7) is 0. The number of carbonyl (C=O) groups excluding carboxylic acids is 1. The van der Waals surface area contributed by atoms with Crippen molar-refractivity contribution in [3.63, 3.8) is 0 Å². The van der Waals surface area contributed by atoms with Crippen LogP contribution < -0.4 is 0 Å². The molecule has 0 aliphatic heterocycles. The van der Waals surface area contributed by atoms with Crippen LogP contribution in [0.5, 0.6) is 0 Å². The minimum Gasteiger partial charge on any atom is -0.465 e. The molecule has 0 amide bonds. The Labute approximate surface area is 109 Å². The van der Waals surface area contributed by atoms with Gasteiger partial charge in [-0.1, -0.05) is 12.1 Å². The Balaban J connectivity index is 2.26. The number of nitrogens with zero attached hydrogens (tertiary/aromatic N) is 4. The molecular formula is C13H10N4O2. The first-order valence-corrected chi connectivity index (χ1v) is 5.40. The quantitative estimate of drug-likeness (QED) is 0.469. The van der Waals surface area contributed by atoms with Crippen LogP contribution in [-0.2, 0) is 9.53 Å². The van der Waals surface area contributed by atoms with E-state index >= 15 is 0 Å². The summed E-state index contributed by atoms with van der Waals surface area (Å²) in [4.78, 5) is 15.1. The highest BCUT2D eigenvalue weighted by molar-refractivity contribution is 5.97. The van der Waals surface area contributed by atoms with Gasteiger partial charge in [0.05, 0.1) is 12.8 Å². The molecule has 0 atom stereocenters. The lowest BCUT2D eigenvalue weighted by Crippen LogP contribution is -2.02. The number of ether oxygens (including phenoxy) is 1. The molecule has 0 bridgehead atoms. The highest BCUT2D eigenvalue weighted by Crippen LogP contribution is 2.11. The number of carbonyl (C=O) groups is 1. The predicted octanol–water partition coefficient (Wildman–Crippen LogP) is 1.35. The summed E-state index contributed by atoms with van der Waals surface area (Å²) in [5, 5.41) is 12.9. The molecule has 0 saturated carbocycles. The number of hydrogen-bond donors (Lipinski definition) is 0. The normalized spacial score (nSPS) is 10.8. The molecule has 2 rings (SSSR count). The van der Waals surface area contributed by atoms with Gasteiger partial charge in [-0.15, -0.1) is 0 Å². The maximum absolute atomic E-state index is 11.3. The Bertz CT molecular complexity index is 636. The Hall–Kier alpha value is -2.94. The summed E-state index contributed by atoms with van der Waals surface area (Å²) in [5.74, 6) is -0.650. The number of nitriles is 1. The minimum atomic E-state index is -0.650. The molecule has 0 unspecified atom stereocenters. The third-order valence-electron chi connectivity index (χ3n) is 2.41. The maximum atomic E-state index is 11.3. The number of esters is 1. The first kappa shape index (κ1) is 12.5. The molecule has 19 heavy (non-hydrogen) atoms. The van der Waals surface area contributed by atoms with Gasteiger partial charge in [-0.2, -0.15) is 10.4 Å². The Morgan fingerprint density at radius 3 is 2.68 bits per heavy atom. The molecule has 94 valence electrons. The van der Waals surface area contributed by atoms with Crippen molar-refractivity contribution in [2.24, 2.45) is 0 Å². The molecule has 1 aromatic carbocycles. The van der Waals surface area contributed by atoms with Crippen molar-refractivity contribution in [3.05, 3.63) is 48.1 Å². The van der Waals surface area contributed by atoms with Crippen molar-refractivity contribution in [1.82, 2.24) is 14.8 Å². The standard InChI is InChI=1S/C13H10N4O2/c1-19-13(18)11(7-14)6-10-2-4-12(5-3-10)17-9-15-8-16-17/h2-6,8-9H,1H3/b11-6-. The van der Waals surface area contributed by atoms with Gasteiger partial charge < -0.3 is 4.74 Å². The smallest absolute Gasteiger partial charge is 0.348 e. The Morgan fingerprint density at radius 1 is 1.42 bits per heavy atom. The molecule has 0 saturated heterocycles. The van der Waals surface area contributed by atoms with Gasteiger partial charge in [-0.3, -0.25) is 0 Å². The zero-order valence-electron chi connectivity index (χ0n) is 10.1. The molecular weight excluding hydrogens is 244 g/mol. The first-order chi connectivity index (χ1) is 9.24. The second-order valence-electron chi connectivity index (χ2n) is 3.59. The SMILES string of the molecule is COC(=O)/C(C#N)=C\c1ccc(-n2cncn2)cc1. The average molecular weight is 254 g/mol. The summed E-state index contributed by atoms with van der Waals surface area (Å²) in [6, 6.07) is 8.98. The van der Waals surface area contributed by atoms with Crippen LogP contribution in [0, 0.1) is 11.3 Å². The van der Waals surface area contributed by atoms with Crippen molar-refractivity contribution in [2.75, 3.05) is 7.11 Å². The predicted molar refractivity (Wildman–Crippen MR) is 67.0 cm³/mol. The number of methoxy groups -OCH3 is 1. The van der Waals surface area contributed by atoms with E-state index in [1.165, 1.54) is 19.5 Å². The molecule has 0 radical (unpaired) electrons. The van der Waals surface area contributed by atoms with Gasteiger partial charge >= 0.3 is 5.97 Å². The van der Waals surface area contributed by atoms with E-state index in [2.05, 4.69) is 14.8 Å². The summed E-state index contributed by atoms with van der Waals surface area (Å²) in [5.41, 5.74) is 1.52. The molecule has 6 nitrogen and oxygen atoms in total. The highest BCUT2D eigenvalue weighted by atomic mass is 16.5. The third kappa shape index (κ3) is 2.84. The van der Waals surface area contributed by atoms with Gasteiger partial charge in [0.1, 0.15) is 24.3 Å². The number of aromatic nitrogens is 3. The maximum Gasteiger partial charge on any atom is 0.348 e. The van der Waals surface area contributed by atoms with Gasteiger partial charge in [-0.25, -0.2) is 14.5 Å². The monoisotopic (exact) mass is 254 g/mol. The molecule has 2 aromatic rings. The van der Waals surface area contributed by atoms with E-state index in [0.717, 1.165) is 11.3 Å². The zero-order valence-corrected chi connectivity index (χ0v) is 10.1. The van der Waals surface area contributed by atoms with Crippen molar-refractivity contribution in [3.8, 4) is 11.8 Å². The van der Waals surface area contributed by atoms with E-state index in [4.69, 9.17) is 5.26 Å². The highest BCUT2D eigenvalue weighted by Gasteiger charge is 2.08. The van der Waals surface area contributed by atoms with E-state index in [0.29, 0.717) is 0 Å². The first-order valence-electron chi connectivity index (χ1n) is 5.40. The van der Waals surface area contributed by atoms with Crippen LogP contribution in [0.2, 0.25) is 0 Å². The number of benzene rings is 1. The lowest BCUT2D eigenvalue weighted by atomic mass is 10.1. The molecule has 1 aromatic heterocycles. The molecule has 0 N–H and O–H groups in total. The van der Waals surface area contributed by atoms with Crippen molar-refractivity contribution < 1.29 is 9.53 Å². The van der Waals surface area contributed by atoms with Gasteiger partial charge in [0, 0.05) is 0 Å². The van der Waals surface area contributed by atoms with Crippen LogP contribution in [0.15, 0.2) is 42.5 Å². The lowest BCUT2D eigenvalue weighted by Gasteiger charge is -2.01. The fraction of sp³-hybridized carbons (Fsp3) is 0.0769. The lowest BCUT2D eigenvalue weighted by molar-refractivity contribution is -0.135. The fourth-order valence-corrected chi connectivity index (χ4v) is 1.48. The van der Waals surface area contributed by atoms with Crippen LogP contribution in [0.4, 0.5) is 0 Å². The van der Waals surface area contributed by atoms with Crippen LogP contribution in [0.1, 0.15) is 5.56 Å². The summed E-state index contributed by atoms with van der Waals surface area (Å²) in [7, 11) is 1.24. The third-order valence-corrected chi connectivity index (χ3v) is 2.41. The van der Waals surface area contributed by atoms with Crippen LogP contribution in [0.3, 0.4) is 0 Å². The van der Waals surface area contributed by atoms with E-state index in [9.17, 15) is 4.79 Å². The van der Waals surface area contributed by atoms with Gasteiger partial charge in [0.2, 0.25) is 0 Å². The number of hydrogen-bond acceptors (Lipinski definition) is 5. The topological polar surface area (TPSA) is 80.8 Å². The van der Waals surface area contributed by atoms with E-state index in [1.807, 2.05) is 12.1 Å². The molecule has 0 aliphatic carbocycles. The zero-order chi connectivity index (χ0) is 13.7. The second kappa shape index (κ2) is 5.60. The number of rotatable bonds is 3. The van der Waals surface area contributed by atoms with E-state index in [1.54, 1.807) is 29.2 Å². The molecule has 0 spiro atoms. The van der Waals surface area contributed by atoms with Crippen molar-refractivity contribution in [2.45, 2.75) is 0 Å². The summed E-state index contributed by atoms with van der Waals surface area (Å²) in [6.07, 6.45) is 4.50. The summed E-state index contributed by atoms with van der Waals surface area (Å²) < 4.78 is 6.12. The molecule has 0 fully saturated rings. The van der Waals surface area contributed by atoms with Crippen LogP contribution in [0.25, 0.3) is 11.8 Å². The van der Waals surface area contributed by atoms with E-state index < -0.39 is 5.97 Å².